The fraction of sp³-hybridized carbons (Fsp3) is 0.381. The molecule has 2 aromatic carbocycles. The molecule has 1 N–H and O–H groups in total. The van der Waals surface area contributed by atoms with Gasteiger partial charge in [0.1, 0.15) is 16.4 Å². The van der Waals surface area contributed by atoms with E-state index in [0.717, 1.165) is 29.8 Å². The van der Waals surface area contributed by atoms with Gasteiger partial charge in [0, 0.05) is 23.8 Å². The van der Waals surface area contributed by atoms with Crippen LogP contribution >= 0.6 is 0 Å². The Morgan fingerprint density at radius 1 is 1.10 bits per heavy atom. The van der Waals surface area contributed by atoms with Crippen molar-refractivity contribution in [2.45, 2.75) is 37.6 Å². The maximum absolute atomic E-state index is 13.3. The van der Waals surface area contributed by atoms with Crippen LogP contribution in [0.15, 0.2) is 41.3 Å². The number of ether oxygens (including phenoxy) is 2. The lowest BCUT2D eigenvalue weighted by Gasteiger charge is -2.30. The topological polar surface area (TPSA) is 84.9 Å². The zero-order valence-corrected chi connectivity index (χ0v) is 17.9. The Labute approximate surface area is 171 Å². The average molecular weight is 419 g/mol. The Balaban J connectivity index is 2.00. The molecule has 0 aromatic heterocycles. The highest BCUT2D eigenvalue weighted by atomic mass is 32.2. The monoisotopic (exact) mass is 418 g/mol. The summed E-state index contributed by atoms with van der Waals surface area (Å²) in [5.41, 5.74) is 2.15. The van der Waals surface area contributed by atoms with E-state index in [-0.39, 0.29) is 22.6 Å². The number of aryl methyl sites for hydroxylation is 1. The lowest BCUT2D eigenvalue weighted by molar-refractivity contribution is 0.0985. The molecule has 0 fully saturated rings. The molecule has 3 rings (SSSR count). The molecule has 1 aliphatic heterocycles. The first-order chi connectivity index (χ1) is 13.8. The lowest BCUT2D eigenvalue weighted by atomic mass is 10.0. The molecular weight excluding hydrogens is 392 g/mol. The van der Waals surface area contributed by atoms with Crippen LogP contribution in [0.2, 0.25) is 0 Å². The van der Waals surface area contributed by atoms with E-state index in [1.165, 1.54) is 19.2 Å². The van der Waals surface area contributed by atoms with Gasteiger partial charge in [-0.2, -0.15) is 0 Å². The Bertz CT molecular complexity index is 1020. The van der Waals surface area contributed by atoms with Crippen molar-refractivity contribution < 1.29 is 22.7 Å². The highest BCUT2D eigenvalue weighted by Crippen LogP contribution is 2.32. The molecule has 8 heteroatoms. The number of carbonyl (C=O) groups excluding carboxylic acids is 1. The maximum Gasteiger partial charge on any atom is 0.258 e. The number of rotatable bonds is 6. The molecule has 0 radical (unpaired) electrons. The minimum absolute atomic E-state index is 0.0495. The van der Waals surface area contributed by atoms with Crippen LogP contribution in [0, 0.1) is 0 Å². The van der Waals surface area contributed by atoms with E-state index in [1.807, 2.05) is 18.2 Å². The summed E-state index contributed by atoms with van der Waals surface area (Å²) in [7, 11) is -0.809. The number of fused-ring (bicyclic) bond motifs is 1. The SMILES string of the molecule is COc1ccc2c(c1)CCCN2C(=O)c1ccc(OC)c(S(=O)(=O)NC(C)C)c1. The predicted molar refractivity (Wildman–Crippen MR) is 111 cm³/mol. The van der Waals surface area contributed by atoms with Crippen LogP contribution in [-0.2, 0) is 16.4 Å². The van der Waals surface area contributed by atoms with Crippen molar-refractivity contribution in [2.75, 3.05) is 25.7 Å². The molecule has 29 heavy (non-hydrogen) atoms. The van der Waals surface area contributed by atoms with Gasteiger partial charge < -0.3 is 14.4 Å². The van der Waals surface area contributed by atoms with Gasteiger partial charge >= 0.3 is 0 Å². The van der Waals surface area contributed by atoms with Gasteiger partial charge in [-0.3, -0.25) is 4.79 Å². The van der Waals surface area contributed by atoms with Crippen molar-refractivity contribution in [1.29, 1.82) is 0 Å². The summed E-state index contributed by atoms with van der Waals surface area (Å²) in [4.78, 5) is 14.9. The van der Waals surface area contributed by atoms with E-state index in [0.29, 0.717) is 12.1 Å². The van der Waals surface area contributed by atoms with Crippen LogP contribution in [-0.4, -0.2) is 41.1 Å². The van der Waals surface area contributed by atoms with E-state index in [1.54, 1.807) is 31.9 Å². The van der Waals surface area contributed by atoms with Gasteiger partial charge in [-0.1, -0.05) is 0 Å². The molecule has 156 valence electrons. The number of carbonyl (C=O) groups is 1. The van der Waals surface area contributed by atoms with Crippen molar-refractivity contribution in [2.24, 2.45) is 0 Å². The number of amides is 1. The van der Waals surface area contributed by atoms with Gasteiger partial charge in [-0.15, -0.1) is 0 Å². The number of sulfonamides is 1. The van der Waals surface area contributed by atoms with Crippen molar-refractivity contribution >= 4 is 21.6 Å². The van der Waals surface area contributed by atoms with Crippen LogP contribution in [0.25, 0.3) is 0 Å². The first-order valence-corrected chi connectivity index (χ1v) is 10.9. The van der Waals surface area contributed by atoms with E-state index in [4.69, 9.17) is 9.47 Å². The second-order valence-corrected chi connectivity index (χ2v) is 8.88. The second-order valence-electron chi connectivity index (χ2n) is 7.20. The van der Waals surface area contributed by atoms with Gasteiger partial charge in [0.25, 0.3) is 5.91 Å². The number of nitrogens with zero attached hydrogens (tertiary/aromatic N) is 1. The molecule has 0 aliphatic carbocycles. The first kappa shape index (κ1) is 21.1. The van der Waals surface area contributed by atoms with Crippen molar-refractivity contribution in [1.82, 2.24) is 4.72 Å². The fourth-order valence-corrected chi connectivity index (χ4v) is 4.91. The highest BCUT2D eigenvalue weighted by Gasteiger charge is 2.27. The van der Waals surface area contributed by atoms with Crippen molar-refractivity contribution in [3.05, 3.63) is 47.5 Å². The van der Waals surface area contributed by atoms with E-state index < -0.39 is 10.0 Å². The Hall–Kier alpha value is -2.58. The number of methoxy groups -OCH3 is 2. The van der Waals surface area contributed by atoms with Crippen molar-refractivity contribution in [3.63, 3.8) is 0 Å². The number of hydrogen-bond acceptors (Lipinski definition) is 5. The summed E-state index contributed by atoms with van der Waals surface area (Å²) in [6.07, 6.45) is 1.68. The Morgan fingerprint density at radius 3 is 2.52 bits per heavy atom. The molecule has 1 heterocycles. The molecule has 0 bridgehead atoms. The van der Waals surface area contributed by atoms with Gasteiger partial charge in [0.15, 0.2) is 0 Å². The summed E-state index contributed by atoms with van der Waals surface area (Å²) in [5, 5.41) is 0. The summed E-state index contributed by atoms with van der Waals surface area (Å²) in [6, 6.07) is 9.82. The van der Waals surface area contributed by atoms with Crippen LogP contribution in [0.5, 0.6) is 11.5 Å². The van der Waals surface area contributed by atoms with E-state index in [9.17, 15) is 13.2 Å². The number of nitrogens with one attached hydrogen (secondary N) is 1. The predicted octanol–water partition coefficient (Wildman–Crippen LogP) is 2.98. The van der Waals surface area contributed by atoms with Crippen LogP contribution in [0.4, 0.5) is 5.69 Å². The van der Waals surface area contributed by atoms with Gasteiger partial charge in [0.2, 0.25) is 10.0 Å². The van der Waals surface area contributed by atoms with E-state index in [2.05, 4.69) is 4.72 Å². The minimum Gasteiger partial charge on any atom is -0.497 e. The summed E-state index contributed by atoms with van der Waals surface area (Å²) >= 11 is 0. The van der Waals surface area contributed by atoms with Crippen LogP contribution in [0.3, 0.4) is 0 Å². The zero-order chi connectivity index (χ0) is 21.2. The molecule has 0 spiro atoms. The molecular formula is C21H26N2O5S. The summed E-state index contributed by atoms with van der Waals surface area (Å²) in [5.74, 6) is 0.689. The molecule has 0 saturated carbocycles. The number of anilines is 1. The number of benzene rings is 2. The second kappa shape index (κ2) is 8.42. The molecule has 0 saturated heterocycles. The Kier molecular flexibility index (Phi) is 6.14. The molecule has 2 aromatic rings. The van der Waals surface area contributed by atoms with Crippen molar-refractivity contribution in [3.8, 4) is 11.5 Å². The molecule has 7 nitrogen and oxygen atoms in total. The van der Waals surface area contributed by atoms with Crippen LogP contribution < -0.4 is 19.1 Å². The highest BCUT2D eigenvalue weighted by molar-refractivity contribution is 7.89. The molecule has 0 atom stereocenters. The third kappa shape index (κ3) is 4.38. The summed E-state index contributed by atoms with van der Waals surface area (Å²) < 4.78 is 38.5. The van der Waals surface area contributed by atoms with Gasteiger partial charge in [-0.05, 0) is 68.7 Å². The third-order valence-electron chi connectivity index (χ3n) is 4.74. The van der Waals surface area contributed by atoms with Gasteiger partial charge in [0.05, 0.1) is 14.2 Å². The number of hydrogen-bond donors (Lipinski definition) is 1. The first-order valence-electron chi connectivity index (χ1n) is 9.46. The standard InChI is InChI=1S/C21H26N2O5S/c1-14(2)22-29(25,26)20-13-16(7-10-19(20)28-4)21(24)23-11-5-6-15-12-17(27-3)8-9-18(15)23/h7-10,12-14,22H,5-6,11H2,1-4H3. The fourth-order valence-electron chi connectivity index (χ4n) is 3.46. The minimum atomic E-state index is -3.82. The lowest BCUT2D eigenvalue weighted by Crippen LogP contribution is -2.36. The average Bonchev–Trinajstić information content (AvgIpc) is 2.70. The molecule has 0 unspecified atom stereocenters. The van der Waals surface area contributed by atoms with Crippen LogP contribution in [0.1, 0.15) is 36.2 Å². The largest absolute Gasteiger partial charge is 0.497 e. The van der Waals surface area contributed by atoms with Gasteiger partial charge in [-0.25, -0.2) is 13.1 Å². The smallest absolute Gasteiger partial charge is 0.258 e. The third-order valence-corrected chi connectivity index (χ3v) is 6.42. The molecule has 1 aliphatic rings. The van der Waals surface area contributed by atoms with E-state index >= 15 is 0 Å². The quantitative estimate of drug-likeness (QED) is 0.780. The normalized spacial score (nSPS) is 13.9. The molecule has 1 amide bonds. The Morgan fingerprint density at radius 2 is 1.86 bits per heavy atom. The summed E-state index contributed by atoms with van der Waals surface area (Å²) in [6.45, 7) is 4.03. The maximum atomic E-state index is 13.3. The zero-order valence-electron chi connectivity index (χ0n) is 17.1.